The standard InChI is InChI=1S/C14H19ClO2Si/c1-4-5-7-11-12(17-14(16)10(2)3)8-6-9-13(11)18-15/h6,8-9H,2,4-5,7,18H2,1,3H3. The lowest BCUT2D eigenvalue weighted by Crippen LogP contribution is -2.19. The Morgan fingerprint density at radius 2 is 2.22 bits per heavy atom. The van der Waals surface area contributed by atoms with E-state index in [9.17, 15) is 4.79 Å². The van der Waals surface area contributed by atoms with Crippen LogP contribution in [0.15, 0.2) is 30.4 Å². The lowest BCUT2D eigenvalue weighted by Gasteiger charge is -2.13. The third-order valence-corrected chi connectivity index (χ3v) is 4.52. The molecule has 0 bridgehead atoms. The van der Waals surface area contributed by atoms with Crippen LogP contribution in [0.4, 0.5) is 0 Å². The van der Waals surface area contributed by atoms with Crippen LogP contribution in [0, 0.1) is 0 Å². The van der Waals surface area contributed by atoms with Gasteiger partial charge in [-0.2, -0.15) is 11.1 Å². The minimum atomic E-state index is -0.782. The molecule has 0 radical (unpaired) electrons. The zero-order valence-electron chi connectivity index (χ0n) is 11.0. The molecule has 0 saturated carbocycles. The Balaban J connectivity index is 3.01. The van der Waals surface area contributed by atoms with Crippen LogP contribution in [-0.4, -0.2) is 14.8 Å². The molecule has 0 atom stereocenters. The van der Waals surface area contributed by atoms with Crippen LogP contribution in [0.2, 0.25) is 0 Å². The number of esters is 1. The maximum atomic E-state index is 11.6. The van der Waals surface area contributed by atoms with E-state index in [0.29, 0.717) is 11.3 Å². The number of benzene rings is 1. The molecule has 0 aliphatic heterocycles. The zero-order chi connectivity index (χ0) is 13.5. The molecule has 0 amide bonds. The average Bonchev–Trinajstić information content (AvgIpc) is 2.36. The van der Waals surface area contributed by atoms with Gasteiger partial charge in [0.25, 0.3) is 0 Å². The first-order chi connectivity index (χ1) is 8.60. The van der Waals surface area contributed by atoms with Gasteiger partial charge < -0.3 is 4.74 Å². The van der Waals surface area contributed by atoms with Crippen molar-refractivity contribution in [2.75, 3.05) is 0 Å². The van der Waals surface area contributed by atoms with E-state index in [-0.39, 0.29) is 5.97 Å². The number of hydrogen-bond acceptors (Lipinski definition) is 2. The Hall–Kier alpha value is -1.06. The van der Waals surface area contributed by atoms with E-state index in [1.54, 1.807) is 6.92 Å². The molecule has 0 N–H and O–H groups in total. The Morgan fingerprint density at radius 1 is 1.50 bits per heavy atom. The number of carbonyl (C=O) groups is 1. The highest BCUT2D eigenvalue weighted by Gasteiger charge is 2.12. The van der Waals surface area contributed by atoms with Crippen molar-refractivity contribution in [1.82, 2.24) is 0 Å². The third-order valence-electron chi connectivity index (χ3n) is 2.71. The third kappa shape index (κ3) is 4.00. The summed E-state index contributed by atoms with van der Waals surface area (Å²) in [7, 11) is -0.782. The van der Waals surface area contributed by atoms with E-state index < -0.39 is 8.83 Å². The molecule has 4 heteroatoms. The molecule has 0 saturated heterocycles. The van der Waals surface area contributed by atoms with E-state index >= 15 is 0 Å². The number of rotatable bonds is 6. The van der Waals surface area contributed by atoms with Crippen molar-refractivity contribution >= 4 is 31.1 Å². The van der Waals surface area contributed by atoms with Gasteiger partial charge in [-0.05, 0) is 36.6 Å². The van der Waals surface area contributed by atoms with Crippen molar-refractivity contribution in [3.8, 4) is 5.75 Å². The van der Waals surface area contributed by atoms with Gasteiger partial charge in [0.1, 0.15) is 5.75 Å². The topological polar surface area (TPSA) is 26.3 Å². The molecule has 0 spiro atoms. The normalized spacial score (nSPS) is 10.8. The highest BCUT2D eigenvalue weighted by atomic mass is 35.6. The SMILES string of the molecule is C=C(C)C(=O)Oc1cccc([SiH2]Cl)c1CCCC. The van der Waals surface area contributed by atoms with Gasteiger partial charge in [-0.15, -0.1) is 0 Å². The molecule has 1 aromatic rings. The summed E-state index contributed by atoms with van der Waals surface area (Å²) in [5.41, 5.74) is 1.50. The van der Waals surface area contributed by atoms with Crippen LogP contribution < -0.4 is 9.92 Å². The van der Waals surface area contributed by atoms with Crippen molar-refractivity contribution in [2.24, 2.45) is 0 Å². The largest absolute Gasteiger partial charge is 0.423 e. The van der Waals surface area contributed by atoms with Crippen LogP contribution in [0.1, 0.15) is 32.3 Å². The summed E-state index contributed by atoms with van der Waals surface area (Å²) in [5.74, 6) is 0.267. The predicted octanol–water partition coefficient (Wildman–Crippen LogP) is 2.46. The van der Waals surface area contributed by atoms with E-state index in [1.807, 2.05) is 18.2 Å². The highest BCUT2D eigenvalue weighted by Crippen LogP contribution is 2.19. The van der Waals surface area contributed by atoms with E-state index in [1.165, 1.54) is 0 Å². The van der Waals surface area contributed by atoms with Crippen molar-refractivity contribution < 1.29 is 9.53 Å². The van der Waals surface area contributed by atoms with Gasteiger partial charge in [0.15, 0.2) is 8.83 Å². The molecule has 98 valence electrons. The van der Waals surface area contributed by atoms with Gasteiger partial charge in [-0.25, -0.2) is 4.79 Å². The summed E-state index contributed by atoms with van der Waals surface area (Å²) >= 11 is 6.06. The first kappa shape index (κ1) is 15.0. The summed E-state index contributed by atoms with van der Waals surface area (Å²) in [5, 5.41) is 1.16. The van der Waals surface area contributed by atoms with Gasteiger partial charge in [0, 0.05) is 5.57 Å². The monoisotopic (exact) mass is 282 g/mol. The van der Waals surface area contributed by atoms with Crippen LogP contribution >= 0.6 is 11.1 Å². The molecule has 2 nitrogen and oxygen atoms in total. The quantitative estimate of drug-likeness (QED) is 0.263. The molecule has 0 fully saturated rings. The number of hydrogen-bond donors (Lipinski definition) is 0. The molecule has 0 heterocycles. The minimum absolute atomic E-state index is 0.374. The van der Waals surface area contributed by atoms with Crippen LogP contribution in [0.25, 0.3) is 0 Å². The Bertz CT molecular complexity index is 443. The molecular formula is C14H19ClO2Si. The Labute approximate surface area is 116 Å². The first-order valence-corrected chi connectivity index (χ1v) is 8.99. The lowest BCUT2D eigenvalue weighted by molar-refractivity contribution is -0.130. The number of ether oxygens (including phenoxy) is 1. The van der Waals surface area contributed by atoms with Crippen molar-refractivity contribution in [1.29, 1.82) is 0 Å². The second kappa shape index (κ2) is 7.39. The summed E-state index contributed by atoms with van der Waals surface area (Å²) < 4.78 is 5.37. The zero-order valence-corrected chi connectivity index (χ0v) is 13.1. The lowest BCUT2D eigenvalue weighted by atomic mass is 10.1. The van der Waals surface area contributed by atoms with Gasteiger partial charge >= 0.3 is 5.97 Å². The first-order valence-electron chi connectivity index (χ1n) is 6.14. The number of halogens is 1. The molecule has 18 heavy (non-hydrogen) atoms. The smallest absolute Gasteiger partial charge is 0.338 e. The maximum absolute atomic E-state index is 11.6. The molecule has 0 aliphatic rings. The van der Waals surface area contributed by atoms with Gasteiger partial charge in [0.05, 0.1) is 0 Å². The second-order valence-corrected chi connectivity index (χ2v) is 6.13. The highest BCUT2D eigenvalue weighted by molar-refractivity contribution is 7.01. The Morgan fingerprint density at radius 3 is 2.78 bits per heavy atom. The number of unbranched alkanes of at least 4 members (excludes halogenated alkanes) is 1. The molecule has 1 rings (SSSR count). The maximum Gasteiger partial charge on any atom is 0.338 e. The van der Waals surface area contributed by atoms with Crippen molar-refractivity contribution in [3.05, 3.63) is 35.9 Å². The van der Waals surface area contributed by atoms with E-state index in [4.69, 9.17) is 15.8 Å². The Kier molecular flexibility index (Phi) is 6.16. The predicted molar refractivity (Wildman–Crippen MR) is 79.5 cm³/mol. The fourth-order valence-corrected chi connectivity index (χ4v) is 3.14. The molecule has 0 aliphatic carbocycles. The molecule has 0 unspecified atom stereocenters. The minimum Gasteiger partial charge on any atom is -0.423 e. The molecular weight excluding hydrogens is 264 g/mol. The molecule has 0 aromatic heterocycles. The van der Waals surface area contributed by atoms with Crippen molar-refractivity contribution in [3.63, 3.8) is 0 Å². The molecule has 1 aromatic carbocycles. The van der Waals surface area contributed by atoms with E-state index in [2.05, 4.69) is 13.5 Å². The van der Waals surface area contributed by atoms with Crippen molar-refractivity contribution in [2.45, 2.75) is 33.1 Å². The summed E-state index contributed by atoms with van der Waals surface area (Å²) in [6.07, 6.45) is 3.08. The van der Waals surface area contributed by atoms with Gasteiger partial charge in [0.2, 0.25) is 0 Å². The van der Waals surface area contributed by atoms with Crippen LogP contribution in [0.5, 0.6) is 5.75 Å². The van der Waals surface area contributed by atoms with Gasteiger partial charge in [-0.1, -0.05) is 32.1 Å². The average molecular weight is 283 g/mol. The van der Waals surface area contributed by atoms with Crippen LogP contribution in [-0.2, 0) is 11.2 Å². The fourth-order valence-electron chi connectivity index (χ4n) is 1.66. The summed E-state index contributed by atoms with van der Waals surface area (Å²) in [6, 6.07) is 5.75. The fraction of sp³-hybridized carbons (Fsp3) is 0.357. The van der Waals surface area contributed by atoms with Gasteiger partial charge in [-0.3, -0.25) is 0 Å². The number of carbonyl (C=O) groups excluding carboxylic acids is 1. The second-order valence-electron chi connectivity index (χ2n) is 4.30. The van der Waals surface area contributed by atoms with E-state index in [0.717, 1.165) is 30.0 Å². The summed E-state index contributed by atoms with van der Waals surface area (Å²) in [4.78, 5) is 11.6. The van der Waals surface area contributed by atoms with Crippen LogP contribution in [0.3, 0.4) is 0 Å². The summed E-state index contributed by atoms with van der Waals surface area (Å²) in [6.45, 7) is 7.38.